The smallest absolute Gasteiger partial charge is 0.243 e. The van der Waals surface area contributed by atoms with Crippen molar-refractivity contribution in [3.05, 3.63) is 24.3 Å². The van der Waals surface area contributed by atoms with Crippen LogP contribution in [-0.2, 0) is 20.0 Å². The first kappa shape index (κ1) is 23.3. The molecule has 2 N–H and O–H groups in total. The maximum Gasteiger partial charge on any atom is 0.243 e. The molecule has 0 aliphatic heterocycles. The van der Waals surface area contributed by atoms with Crippen LogP contribution in [0.15, 0.2) is 34.1 Å². The minimum absolute atomic E-state index is 0. The van der Waals surface area contributed by atoms with Crippen molar-refractivity contribution in [1.29, 1.82) is 0 Å². The Morgan fingerprint density at radius 1 is 1.08 bits per heavy atom. The maximum absolute atomic E-state index is 12.5. The van der Waals surface area contributed by atoms with Crippen LogP contribution in [0.5, 0.6) is 0 Å². The number of rotatable bonds is 9. The Balaban J connectivity index is 0.00000529. The predicted octanol–water partition coefficient (Wildman–Crippen LogP) is 1.03. The van der Waals surface area contributed by atoms with Gasteiger partial charge in [-0.15, -0.1) is 12.4 Å². The largest absolute Gasteiger partial charge is 0.316 e. The zero-order valence-corrected chi connectivity index (χ0v) is 16.8. The zero-order valence-electron chi connectivity index (χ0n) is 14.3. The van der Waals surface area contributed by atoms with Crippen molar-refractivity contribution in [1.82, 2.24) is 14.3 Å². The van der Waals surface area contributed by atoms with Gasteiger partial charge in [-0.05, 0) is 32.2 Å². The predicted molar refractivity (Wildman–Crippen MR) is 97.5 cm³/mol. The highest BCUT2D eigenvalue weighted by atomic mass is 35.5. The molecule has 140 valence electrons. The average Bonchev–Trinajstić information content (AvgIpc) is 2.53. The Morgan fingerprint density at radius 2 is 1.62 bits per heavy atom. The molecule has 1 atom stereocenters. The van der Waals surface area contributed by atoms with Gasteiger partial charge < -0.3 is 5.32 Å². The Kier molecular flexibility index (Phi) is 9.40. The van der Waals surface area contributed by atoms with Crippen molar-refractivity contribution in [2.24, 2.45) is 0 Å². The fourth-order valence-electron chi connectivity index (χ4n) is 1.93. The molecule has 1 unspecified atom stereocenters. The monoisotopic (exact) mass is 399 g/mol. The van der Waals surface area contributed by atoms with Crippen LogP contribution < -0.4 is 10.0 Å². The molecule has 0 fully saturated rings. The van der Waals surface area contributed by atoms with Crippen LogP contribution in [0.4, 0.5) is 0 Å². The number of sulfonamides is 2. The first-order valence-corrected chi connectivity index (χ1v) is 10.4. The summed E-state index contributed by atoms with van der Waals surface area (Å²) in [6, 6.07) is 5.38. The lowest BCUT2D eigenvalue weighted by molar-refractivity contribution is 0.445. The summed E-state index contributed by atoms with van der Waals surface area (Å²) in [6.07, 6.45) is 0. The van der Waals surface area contributed by atoms with Gasteiger partial charge in [-0.2, -0.15) is 4.31 Å². The fraction of sp³-hybridized carbons (Fsp3) is 0.571. The van der Waals surface area contributed by atoms with Crippen molar-refractivity contribution >= 4 is 32.5 Å². The molecule has 0 bridgehead atoms. The quantitative estimate of drug-likeness (QED) is 0.646. The van der Waals surface area contributed by atoms with Crippen molar-refractivity contribution < 1.29 is 16.8 Å². The topological polar surface area (TPSA) is 95.6 Å². The van der Waals surface area contributed by atoms with Crippen molar-refractivity contribution in [3.8, 4) is 0 Å². The van der Waals surface area contributed by atoms with E-state index in [1.54, 1.807) is 20.9 Å². The molecule has 0 saturated heterocycles. The van der Waals surface area contributed by atoms with E-state index in [9.17, 15) is 16.8 Å². The Hall–Kier alpha value is -0.710. The number of hydrogen-bond donors (Lipinski definition) is 2. The van der Waals surface area contributed by atoms with Crippen LogP contribution in [0, 0.1) is 0 Å². The fourth-order valence-corrected chi connectivity index (χ4v) is 4.69. The molecule has 0 spiro atoms. The third-order valence-electron chi connectivity index (χ3n) is 3.53. The summed E-state index contributed by atoms with van der Waals surface area (Å²) >= 11 is 0. The highest BCUT2D eigenvalue weighted by molar-refractivity contribution is 7.90. The number of halogens is 1. The summed E-state index contributed by atoms with van der Waals surface area (Å²) in [6.45, 7) is 6.18. The van der Waals surface area contributed by atoms with Crippen LogP contribution in [0.2, 0.25) is 0 Å². The molecule has 24 heavy (non-hydrogen) atoms. The van der Waals surface area contributed by atoms with Gasteiger partial charge in [0.1, 0.15) is 0 Å². The van der Waals surface area contributed by atoms with Gasteiger partial charge in [0.15, 0.2) is 0 Å². The molecule has 1 aromatic rings. The summed E-state index contributed by atoms with van der Waals surface area (Å²) in [4.78, 5) is -0.0835. The first-order valence-electron chi connectivity index (χ1n) is 7.46. The number of likely N-dealkylation sites (N-methyl/N-ethyl adjacent to an activating group) is 1. The van der Waals surface area contributed by atoms with Gasteiger partial charge in [0.05, 0.1) is 9.79 Å². The van der Waals surface area contributed by atoms with E-state index >= 15 is 0 Å². The van der Waals surface area contributed by atoms with E-state index in [4.69, 9.17) is 0 Å². The first-order chi connectivity index (χ1) is 10.7. The molecular weight excluding hydrogens is 374 g/mol. The maximum atomic E-state index is 12.5. The zero-order chi connectivity index (χ0) is 17.7. The minimum atomic E-state index is -3.76. The molecule has 0 amide bonds. The third-order valence-corrected chi connectivity index (χ3v) is 7.00. The second kappa shape index (κ2) is 9.69. The lowest BCUT2D eigenvalue weighted by Crippen LogP contribution is -2.37. The van der Waals surface area contributed by atoms with Crippen molar-refractivity contribution in [3.63, 3.8) is 0 Å². The van der Waals surface area contributed by atoms with Gasteiger partial charge in [0.2, 0.25) is 20.0 Å². The highest BCUT2D eigenvalue weighted by Gasteiger charge is 2.24. The summed E-state index contributed by atoms with van der Waals surface area (Å²) < 4.78 is 53.3. The summed E-state index contributed by atoms with van der Waals surface area (Å²) in [7, 11) is -5.72. The molecule has 0 heterocycles. The van der Waals surface area contributed by atoms with Gasteiger partial charge in [-0.3, -0.25) is 0 Å². The van der Waals surface area contributed by atoms with Gasteiger partial charge in [-0.25, -0.2) is 21.6 Å². The Labute approximate surface area is 151 Å². The molecule has 0 saturated carbocycles. The average molecular weight is 400 g/mol. The normalized spacial score (nSPS) is 13.5. The van der Waals surface area contributed by atoms with Gasteiger partial charge >= 0.3 is 0 Å². The lowest BCUT2D eigenvalue weighted by atomic mass is 10.4. The third kappa shape index (κ3) is 5.68. The van der Waals surface area contributed by atoms with E-state index in [-0.39, 0.29) is 34.8 Å². The number of hydrogen-bond acceptors (Lipinski definition) is 5. The molecular formula is C14H26ClN3O4S2. The summed E-state index contributed by atoms with van der Waals surface area (Å²) in [5, 5.41) is 2.93. The Morgan fingerprint density at radius 3 is 2.12 bits per heavy atom. The lowest BCUT2D eigenvalue weighted by Gasteiger charge is -2.19. The van der Waals surface area contributed by atoms with Crippen molar-refractivity contribution in [2.75, 3.05) is 26.7 Å². The minimum Gasteiger partial charge on any atom is -0.316 e. The van der Waals surface area contributed by atoms with Gasteiger partial charge in [0.25, 0.3) is 0 Å². The van der Waals surface area contributed by atoms with E-state index in [0.29, 0.717) is 13.1 Å². The van der Waals surface area contributed by atoms with Gasteiger partial charge in [-0.1, -0.05) is 19.9 Å². The molecule has 0 aliphatic rings. The van der Waals surface area contributed by atoms with Crippen LogP contribution >= 0.6 is 12.4 Å². The molecule has 1 rings (SSSR count). The SMILES string of the molecule is CCN(CC)S(=O)(=O)c1cccc(S(=O)(=O)NCC(C)NC)c1.Cl. The highest BCUT2D eigenvalue weighted by Crippen LogP contribution is 2.19. The second-order valence-electron chi connectivity index (χ2n) is 5.11. The van der Waals surface area contributed by atoms with Crippen molar-refractivity contribution in [2.45, 2.75) is 36.6 Å². The van der Waals surface area contributed by atoms with Crippen LogP contribution in [0.1, 0.15) is 20.8 Å². The van der Waals surface area contributed by atoms with Crippen LogP contribution in [0.3, 0.4) is 0 Å². The van der Waals surface area contributed by atoms with Crippen LogP contribution in [-0.4, -0.2) is 53.9 Å². The number of benzene rings is 1. The van der Waals surface area contributed by atoms with Crippen LogP contribution in [0.25, 0.3) is 0 Å². The van der Waals surface area contributed by atoms with Gasteiger partial charge in [0, 0.05) is 25.7 Å². The summed E-state index contributed by atoms with van der Waals surface area (Å²) in [5.74, 6) is 0. The number of nitrogens with zero attached hydrogens (tertiary/aromatic N) is 1. The molecule has 7 nitrogen and oxygen atoms in total. The molecule has 0 aliphatic carbocycles. The molecule has 0 aromatic heterocycles. The molecule has 0 radical (unpaired) electrons. The molecule has 10 heteroatoms. The van der Waals surface area contributed by atoms with E-state index in [0.717, 1.165) is 0 Å². The standard InChI is InChI=1S/C14H25N3O4S2.ClH/c1-5-17(6-2)23(20,21)14-9-7-8-13(10-14)22(18,19)16-11-12(3)15-4;/h7-10,12,15-16H,5-6,11H2,1-4H3;1H. The summed E-state index contributed by atoms with van der Waals surface area (Å²) in [5.41, 5.74) is 0. The molecule has 1 aromatic carbocycles. The number of nitrogens with one attached hydrogen (secondary N) is 2. The van der Waals surface area contributed by atoms with E-state index < -0.39 is 20.0 Å². The van der Waals surface area contributed by atoms with E-state index in [2.05, 4.69) is 10.0 Å². The Bertz CT molecular complexity index is 719. The van der Waals surface area contributed by atoms with E-state index in [1.807, 2.05) is 6.92 Å². The van der Waals surface area contributed by atoms with E-state index in [1.165, 1.54) is 28.6 Å². The second-order valence-corrected chi connectivity index (χ2v) is 8.81.